The molecule has 0 saturated carbocycles. The second-order valence-electron chi connectivity index (χ2n) is 18.7. The SMILES string of the molecule is C#C.CCCN1C(C)CCC1C[C@]1(C)N=c2c(c3c4c5c(C)c(O)c3c(O)c2=NC(=O)/C(C)=C\C=C\[C@H](C)C[C@@H](C)[C@@H](O)[C@@H](C)[C@H](OC(C)=O)[C@H](C)CCC[C@@](C)(O5)C4=O)N1.CO. The molecule has 2 unspecified atom stereocenters. The van der Waals surface area contributed by atoms with Gasteiger partial charge in [-0.2, -0.15) is 0 Å². The molecule has 5 aliphatic heterocycles. The van der Waals surface area contributed by atoms with Gasteiger partial charge in [0.2, 0.25) is 5.78 Å². The maximum atomic E-state index is 14.9. The van der Waals surface area contributed by atoms with Gasteiger partial charge in [-0.25, -0.2) is 4.99 Å². The number of phenols is 2. The van der Waals surface area contributed by atoms with Gasteiger partial charge in [-0.1, -0.05) is 52.8 Å². The lowest BCUT2D eigenvalue weighted by molar-refractivity contribution is -0.156. The first-order chi connectivity index (χ1) is 29.7. The molecule has 5 N–H and O–H groups in total. The molecular weight excluding hydrogens is 801 g/mol. The summed E-state index contributed by atoms with van der Waals surface area (Å²) in [7, 11) is 1.00. The summed E-state index contributed by atoms with van der Waals surface area (Å²) in [4.78, 5) is 53.3. The number of aromatic hydroxyl groups is 2. The van der Waals surface area contributed by atoms with E-state index in [9.17, 15) is 29.7 Å². The number of anilines is 1. The number of rotatable bonds is 5. The van der Waals surface area contributed by atoms with Crippen LogP contribution in [0.4, 0.5) is 5.69 Å². The highest BCUT2D eigenvalue weighted by Crippen LogP contribution is 2.52. The van der Waals surface area contributed by atoms with Crippen LogP contribution >= 0.6 is 0 Å². The quantitative estimate of drug-likeness (QED) is 0.116. The lowest BCUT2D eigenvalue weighted by atomic mass is 9.79. The molecule has 1 saturated heterocycles. The van der Waals surface area contributed by atoms with Crippen LogP contribution in [0.15, 0.2) is 33.8 Å². The first-order valence-corrected chi connectivity index (χ1v) is 22.5. The van der Waals surface area contributed by atoms with Crippen LogP contribution in [0.1, 0.15) is 137 Å². The number of nitrogens with one attached hydrogen (secondary N) is 1. The molecule has 5 bridgehead atoms. The van der Waals surface area contributed by atoms with Gasteiger partial charge in [-0.15, -0.1) is 12.8 Å². The number of carbonyl (C=O) groups excluding carboxylic acids is 3. The van der Waals surface area contributed by atoms with Crippen LogP contribution in [0, 0.1) is 43.4 Å². The number of likely N-dealkylation sites (tertiary alicyclic amines) is 1. The number of aliphatic hydroxyl groups is 2. The summed E-state index contributed by atoms with van der Waals surface area (Å²) in [6.45, 7) is 21.8. The van der Waals surface area contributed by atoms with E-state index in [1.807, 2.05) is 40.7 Å². The van der Waals surface area contributed by atoms with Crippen molar-refractivity contribution in [2.75, 3.05) is 19.0 Å². The number of ketones is 1. The zero-order chi connectivity index (χ0) is 47.3. The Bertz CT molecular complexity index is 2250. The molecule has 5 heterocycles. The van der Waals surface area contributed by atoms with Crippen LogP contribution in [0.5, 0.6) is 17.2 Å². The molecule has 0 aliphatic carbocycles. The summed E-state index contributed by atoms with van der Waals surface area (Å²) >= 11 is 0. The number of carbonyl (C=O) groups is 3. The minimum absolute atomic E-state index is 0.00931. The Morgan fingerprint density at radius 2 is 1.67 bits per heavy atom. The Morgan fingerprint density at radius 3 is 2.30 bits per heavy atom. The zero-order valence-corrected chi connectivity index (χ0v) is 39.5. The maximum Gasteiger partial charge on any atom is 0.302 e. The van der Waals surface area contributed by atoms with Crippen molar-refractivity contribution >= 4 is 34.1 Å². The number of terminal acetylenes is 1. The number of amides is 1. The predicted octanol–water partition coefficient (Wildman–Crippen LogP) is 7.23. The third-order valence-corrected chi connectivity index (χ3v) is 13.6. The summed E-state index contributed by atoms with van der Waals surface area (Å²) in [5.41, 5.74) is -0.942. The number of aliphatic hydroxyl groups excluding tert-OH is 2. The van der Waals surface area contributed by atoms with E-state index < -0.39 is 41.1 Å². The number of hydrogen-bond donors (Lipinski definition) is 5. The number of benzene rings is 2. The number of hydrogen-bond acceptors (Lipinski definition) is 12. The van der Waals surface area contributed by atoms with Gasteiger partial charge >= 0.3 is 5.97 Å². The van der Waals surface area contributed by atoms with Crippen molar-refractivity contribution in [1.82, 2.24) is 4.90 Å². The molecule has 2 aromatic carbocycles. The first-order valence-electron chi connectivity index (χ1n) is 22.5. The van der Waals surface area contributed by atoms with E-state index in [4.69, 9.17) is 19.6 Å². The second kappa shape index (κ2) is 20.8. The summed E-state index contributed by atoms with van der Waals surface area (Å²) in [6, 6.07) is 0.661. The highest BCUT2D eigenvalue weighted by Gasteiger charge is 2.49. The molecule has 13 nitrogen and oxygen atoms in total. The summed E-state index contributed by atoms with van der Waals surface area (Å²) in [6.07, 6.45) is 18.0. The van der Waals surface area contributed by atoms with Gasteiger partial charge in [0.15, 0.2) is 11.4 Å². The van der Waals surface area contributed by atoms with Crippen LogP contribution in [0.2, 0.25) is 0 Å². The molecule has 346 valence electrons. The van der Waals surface area contributed by atoms with E-state index in [-0.39, 0.29) is 79.6 Å². The monoisotopic (exact) mass is 873 g/mol. The third kappa shape index (κ3) is 10.3. The van der Waals surface area contributed by atoms with E-state index in [0.717, 1.165) is 32.9 Å². The van der Waals surface area contributed by atoms with Crippen molar-refractivity contribution < 1.29 is 44.3 Å². The largest absolute Gasteiger partial charge is 0.507 e. The van der Waals surface area contributed by atoms with Crippen LogP contribution < -0.4 is 20.8 Å². The number of esters is 1. The minimum Gasteiger partial charge on any atom is -0.507 e. The summed E-state index contributed by atoms with van der Waals surface area (Å²) < 4.78 is 12.4. The predicted molar refractivity (Wildman–Crippen MR) is 246 cm³/mol. The Hall–Kier alpha value is -4.77. The average molecular weight is 873 g/mol. The van der Waals surface area contributed by atoms with E-state index in [2.05, 4.69) is 41.9 Å². The fourth-order valence-corrected chi connectivity index (χ4v) is 10.3. The Labute approximate surface area is 373 Å². The lowest BCUT2D eigenvalue weighted by Crippen LogP contribution is -2.42. The molecule has 63 heavy (non-hydrogen) atoms. The highest BCUT2D eigenvalue weighted by atomic mass is 16.5. The van der Waals surface area contributed by atoms with Crippen molar-refractivity contribution in [3.05, 3.63) is 45.6 Å². The molecule has 1 fully saturated rings. The van der Waals surface area contributed by atoms with E-state index >= 15 is 0 Å². The number of fused-ring (bicyclic) bond motifs is 13. The number of ether oxygens (including phenoxy) is 2. The molecular formula is C50H72N4O9. The van der Waals surface area contributed by atoms with E-state index in [1.165, 1.54) is 6.92 Å². The number of phenolic OH excluding ortho intramolecular Hbond substituents is 2. The van der Waals surface area contributed by atoms with Gasteiger partial charge < -0.3 is 35.2 Å². The molecule has 13 heteroatoms. The molecule has 0 radical (unpaired) electrons. The highest BCUT2D eigenvalue weighted by molar-refractivity contribution is 6.22. The summed E-state index contributed by atoms with van der Waals surface area (Å²) in [5, 5.41) is 46.7. The fourth-order valence-electron chi connectivity index (χ4n) is 10.3. The number of allylic oxidation sites excluding steroid dienone is 3. The molecule has 2 aromatic rings. The van der Waals surface area contributed by atoms with Crippen LogP contribution in [0.25, 0.3) is 10.8 Å². The Morgan fingerprint density at radius 1 is 1.00 bits per heavy atom. The van der Waals surface area contributed by atoms with Crippen LogP contribution in [0.3, 0.4) is 0 Å². The Balaban J connectivity index is 0.00000212. The zero-order valence-electron chi connectivity index (χ0n) is 39.5. The third-order valence-electron chi connectivity index (χ3n) is 13.6. The second-order valence-corrected chi connectivity index (χ2v) is 18.7. The number of nitrogens with zero attached hydrogens (tertiary/aromatic N) is 3. The van der Waals surface area contributed by atoms with Crippen molar-refractivity contribution in [1.29, 1.82) is 0 Å². The molecule has 5 aliphatic rings. The van der Waals surface area contributed by atoms with Crippen molar-refractivity contribution in [2.45, 2.75) is 163 Å². The topological polar surface area (TPSA) is 191 Å². The molecule has 7 rings (SSSR count). The van der Waals surface area contributed by atoms with E-state index in [0.29, 0.717) is 49.4 Å². The van der Waals surface area contributed by atoms with Gasteiger partial charge in [0, 0.05) is 55.0 Å². The van der Waals surface area contributed by atoms with Gasteiger partial charge in [0.25, 0.3) is 5.91 Å². The normalized spacial score (nSPS) is 32.5. The Kier molecular flexibility index (Phi) is 16.8. The van der Waals surface area contributed by atoms with Crippen molar-refractivity contribution in [3.8, 4) is 30.1 Å². The molecule has 1 amide bonds. The standard InChI is InChI=1S/C47H66N4O8.C2H2.CH4O/c1-12-21-51-28(6)18-19-32(51)23-47(11)49-36-33-34-40(54)30(8)43-35(33)44(56)46(10,59-43)20-14-17-25(3)42(58-31(9)52)29(7)39(53)27(5)22-24(2)15-13-16-26(4)45(57)48-38(41(34)55)37(36)50-47;2*1-2/h13,15-16,24-25,27-29,32,39,42,49,53-55H,12,14,17-23H2,1-11H3;1-2H;2H,1H3/b15-13+,26-16-,48-38?;;/t24-,25+,27+,28?,29+,32?,39+,42+,46+,47-;;/m0../s1. The smallest absolute Gasteiger partial charge is 0.302 e. The van der Waals surface area contributed by atoms with Gasteiger partial charge in [-0.3, -0.25) is 24.3 Å². The molecule has 0 aromatic heterocycles. The minimum atomic E-state index is -1.31. The van der Waals surface area contributed by atoms with E-state index in [1.54, 1.807) is 32.9 Å². The maximum absolute atomic E-state index is 14.9. The lowest BCUT2D eigenvalue weighted by Gasteiger charge is -2.35. The fraction of sp³-hybridized carbons (Fsp3) is 0.620. The summed E-state index contributed by atoms with van der Waals surface area (Å²) in [5.74, 6) is -2.35. The van der Waals surface area contributed by atoms with Crippen molar-refractivity contribution in [3.63, 3.8) is 0 Å². The van der Waals surface area contributed by atoms with Gasteiger partial charge in [-0.05, 0) is 104 Å². The first kappa shape index (κ1) is 50.9. The van der Waals surface area contributed by atoms with Crippen LogP contribution in [-0.2, 0) is 14.3 Å². The molecule has 10 atom stereocenters. The average Bonchev–Trinajstić information content (AvgIpc) is 3.86. The van der Waals surface area contributed by atoms with Crippen molar-refractivity contribution in [2.24, 2.45) is 33.7 Å². The molecule has 0 spiro atoms. The van der Waals surface area contributed by atoms with Gasteiger partial charge in [0.1, 0.15) is 34.0 Å². The van der Waals surface area contributed by atoms with Crippen LogP contribution in [-0.4, -0.2) is 92.2 Å². The van der Waals surface area contributed by atoms with Gasteiger partial charge in [0.05, 0.1) is 22.7 Å². The number of Topliss-reactive ketones (excluding diaryl/α,β-unsaturated/α-hetero) is 1.